The number of aryl methyl sites for hydroxylation is 1. The van der Waals surface area contributed by atoms with Crippen LogP contribution in [0.15, 0.2) is 24.3 Å². The Balaban J connectivity index is 0.000000364. The van der Waals surface area contributed by atoms with Gasteiger partial charge in [-0.2, -0.15) is 0 Å². The number of rotatable bonds is 2. The lowest BCUT2D eigenvalue weighted by molar-refractivity contribution is 0.186. The molecule has 80 valence electrons. The van der Waals surface area contributed by atoms with E-state index in [0.717, 1.165) is 0 Å². The Labute approximate surface area is 86.2 Å². The van der Waals surface area contributed by atoms with Gasteiger partial charge in [-0.15, -0.1) is 0 Å². The maximum absolute atomic E-state index is 7.62. The van der Waals surface area contributed by atoms with Gasteiger partial charge in [0.2, 0.25) is 0 Å². The third kappa shape index (κ3) is 5.73. The minimum atomic E-state index is -0.125. The van der Waals surface area contributed by atoms with Crippen molar-refractivity contribution in [2.24, 2.45) is 0 Å². The van der Waals surface area contributed by atoms with E-state index in [-0.39, 0.29) is 13.2 Å². The molecule has 0 bridgehead atoms. The average molecular weight is 196 g/mol. The average Bonchev–Trinajstić information content (AvgIpc) is 2.19. The lowest BCUT2D eigenvalue weighted by atomic mass is 10.0. The molecule has 0 heterocycles. The predicted molar refractivity (Wildman–Crippen MR) is 59.4 cm³/mol. The molecule has 0 atom stereocenters. The lowest BCUT2D eigenvalue weighted by Gasteiger charge is -2.03. The molecule has 14 heavy (non-hydrogen) atoms. The van der Waals surface area contributed by atoms with Crippen molar-refractivity contribution >= 4 is 0 Å². The Morgan fingerprint density at radius 1 is 1.00 bits per heavy atom. The van der Waals surface area contributed by atoms with Gasteiger partial charge in [0.05, 0.1) is 13.2 Å². The van der Waals surface area contributed by atoms with Crippen LogP contribution >= 0.6 is 0 Å². The van der Waals surface area contributed by atoms with E-state index in [4.69, 9.17) is 10.2 Å². The third-order valence-corrected chi connectivity index (χ3v) is 1.84. The van der Waals surface area contributed by atoms with Crippen molar-refractivity contribution < 1.29 is 10.2 Å². The minimum absolute atomic E-state index is 0.125. The molecule has 1 rings (SSSR count). The van der Waals surface area contributed by atoms with Crippen molar-refractivity contribution in [1.29, 1.82) is 0 Å². The largest absolute Gasteiger partial charge is 0.394 e. The van der Waals surface area contributed by atoms with E-state index in [2.05, 4.69) is 45.0 Å². The van der Waals surface area contributed by atoms with Crippen LogP contribution in [0.3, 0.4) is 0 Å². The zero-order valence-corrected chi connectivity index (χ0v) is 9.20. The molecular weight excluding hydrogens is 176 g/mol. The molecule has 2 N–H and O–H groups in total. The van der Waals surface area contributed by atoms with E-state index in [9.17, 15) is 0 Å². The van der Waals surface area contributed by atoms with Gasteiger partial charge in [0.1, 0.15) is 0 Å². The molecule has 1 aromatic rings. The van der Waals surface area contributed by atoms with Crippen molar-refractivity contribution in [3.8, 4) is 0 Å². The van der Waals surface area contributed by atoms with Crippen molar-refractivity contribution in [2.45, 2.75) is 26.7 Å². The summed E-state index contributed by atoms with van der Waals surface area (Å²) in [5.41, 5.74) is 2.76. The van der Waals surface area contributed by atoms with Crippen molar-refractivity contribution in [3.05, 3.63) is 35.4 Å². The Kier molecular flexibility index (Phi) is 7.07. The second-order valence-corrected chi connectivity index (χ2v) is 3.51. The summed E-state index contributed by atoms with van der Waals surface area (Å²) in [6.45, 7) is 6.29. The predicted octanol–water partition coefficient (Wildman–Crippen LogP) is 2.09. The summed E-state index contributed by atoms with van der Waals surface area (Å²) in [5.74, 6) is 0.653. The number of hydrogen-bond donors (Lipinski definition) is 2. The molecule has 2 nitrogen and oxygen atoms in total. The summed E-state index contributed by atoms with van der Waals surface area (Å²) < 4.78 is 0. The second-order valence-electron chi connectivity index (χ2n) is 3.51. The van der Waals surface area contributed by atoms with Gasteiger partial charge in [-0.05, 0) is 18.4 Å². The minimum Gasteiger partial charge on any atom is -0.394 e. The fourth-order valence-corrected chi connectivity index (χ4v) is 0.951. The highest BCUT2D eigenvalue weighted by molar-refractivity contribution is 5.23. The maximum Gasteiger partial charge on any atom is 0.0662 e. The van der Waals surface area contributed by atoms with E-state index in [1.54, 1.807) is 0 Å². The van der Waals surface area contributed by atoms with E-state index in [0.29, 0.717) is 5.92 Å². The molecule has 0 saturated carbocycles. The molecule has 0 fully saturated rings. The zero-order valence-electron chi connectivity index (χ0n) is 9.20. The summed E-state index contributed by atoms with van der Waals surface area (Å²) in [5, 5.41) is 15.2. The number of aliphatic hydroxyl groups is 2. The third-order valence-electron chi connectivity index (χ3n) is 1.84. The van der Waals surface area contributed by atoms with E-state index >= 15 is 0 Å². The molecule has 2 heteroatoms. The van der Waals surface area contributed by atoms with Crippen LogP contribution in [-0.2, 0) is 0 Å². The van der Waals surface area contributed by atoms with Crippen LogP contribution in [0.5, 0.6) is 0 Å². The lowest BCUT2D eigenvalue weighted by Crippen LogP contribution is -1.85. The van der Waals surface area contributed by atoms with Crippen LogP contribution in [0.25, 0.3) is 0 Å². The van der Waals surface area contributed by atoms with Gasteiger partial charge in [-0.1, -0.05) is 43.7 Å². The first-order valence-corrected chi connectivity index (χ1v) is 4.90. The van der Waals surface area contributed by atoms with E-state index in [1.807, 2.05) is 0 Å². The Hall–Kier alpha value is -0.860. The van der Waals surface area contributed by atoms with Crippen LogP contribution in [0.1, 0.15) is 30.9 Å². The highest BCUT2D eigenvalue weighted by Gasteiger charge is 1.95. The Morgan fingerprint density at radius 3 is 1.71 bits per heavy atom. The van der Waals surface area contributed by atoms with Crippen molar-refractivity contribution in [3.63, 3.8) is 0 Å². The molecule has 0 aliphatic carbocycles. The molecule has 0 amide bonds. The molecule has 0 unspecified atom stereocenters. The van der Waals surface area contributed by atoms with Crippen LogP contribution < -0.4 is 0 Å². The summed E-state index contributed by atoms with van der Waals surface area (Å²) in [6.07, 6.45) is 0. The molecule has 0 aliphatic heterocycles. The van der Waals surface area contributed by atoms with Crippen molar-refractivity contribution in [1.82, 2.24) is 0 Å². The number of benzene rings is 1. The monoisotopic (exact) mass is 196 g/mol. The maximum atomic E-state index is 7.62. The topological polar surface area (TPSA) is 40.5 Å². The SMILES string of the molecule is Cc1ccc(C(C)C)cc1.OCCO. The molecule has 0 saturated heterocycles. The summed E-state index contributed by atoms with van der Waals surface area (Å²) in [7, 11) is 0. The summed E-state index contributed by atoms with van der Waals surface area (Å²) in [4.78, 5) is 0. The number of hydrogen-bond acceptors (Lipinski definition) is 2. The first-order valence-electron chi connectivity index (χ1n) is 4.90. The summed E-state index contributed by atoms with van der Waals surface area (Å²) >= 11 is 0. The zero-order chi connectivity index (χ0) is 11.0. The van der Waals surface area contributed by atoms with Gasteiger partial charge < -0.3 is 10.2 Å². The first kappa shape index (κ1) is 13.1. The van der Waals surface area contributed by atoms with Crippen LogP contribution in [0.4, 0.5) is 0 Å². The molecule has 0 aromatic heterocycles. The van der Waals surface area contributed by atoms with Gasteiger partial charge in [0, 0.05) is 0 Å². The number of aliphatic hydroxyl groups excluding tert-OH is 2. The first-order chi connectivity index (χ1) is 6.61. The Bertz CT molecular complexity index is 225. The quantitative estimate of drug-likeness (QED) is 0.760. The highest BCUT2D eigenvalue weighted by atomic mass is 16.3. The fourth-order valence-electron chi connectivity index (χ4n) is 0.951. The van der Waals surface area contributed by atoms with Gasteiger partial charge in [-0.25, -0.2) is 0 Å². The molecule has 0 spiro atoms. The fraction of sp³-hybridized carbons (Fsp3) is 0.500. The Morgan fingerprint density at radius 2 is 1.43 bits per heavy atom. The van der Waals surface area contributed by atoms with E-state index < -0.39 is 0 Å². The van der Waals surface area contributed by atoms with Crippen LogP contribution in [0.2, 0.25) is 0 Å². The normalized spacial score (nSPS) is 9.57. The molecule has 0 aliphatic rings. The van der Waals surface area contributed by atoms with Crippen LogP contribution in [0, 0.1) is 6.92 Å². The second kappa shape index (κ2) is 7.54. The van der Waals surface area contributed by atoms with Crippen molar-refractivity contribution in [2.75, 3.05) is 13.2 Å². The van der Waals surface area contributed by atoms with E-state index in [1.165, 1.54) is 11.1 Å². The van der Waals surface area contributed by atoms with Gasteiger partial charge in [0.15, 0.2) is 0 Å². The van der Waals surface area contributed by atoms with Crippen LogP contribution in [-0.4, -0.2) is 23.4 Å². The molecule has 0 radical (unpaired) electrons. The van der Waals surface area contributed by atoms with Gasteiger partial charge in [-0.3, -0.25) is 0 Å². The van der Waals surface area contributed by atoms with Gasteiger partial charge >= 0.3 is 0 Å². The standard InChI is InChI=1S/C10H14.C2H6O2/c1-8(2)10-6-4-9(3)5-7-10;3-1-2-4/h4-8H,1-3H3;3-4H,1-2H2. The van der Waals surface area contributed by atoms with Gasteiger partial charge in [0.25, 0.3) is 0 Å². The molecular formula is C12H20O2. The smallest absolute Gasteiger partial charge is 0.0662 e. The summed E-state index contributed by atoms with van der Waals surface area (Å²) in [6, 6.07) is 8.71. The molecule has 1 aromatic carbocycles. The highest BCUT2D eigenvalue weighted by Crippen LogP contribution is 2.13.